The third-order valence-corrected chi connectivity index (χ3v) is 7.56. The van der Waals surface area contributed by atoms with Gasteiger partial charge in [-0.25, -0.2) is 14.1 Å². The molecule has 14 heteroatoms. The molecule has 1 saturated heterocycles. The van der Waals surface area contributed by atoms with Crippen molar-refractivity contribution in [1.29, 1.82) is 0 Å². The van der Waals surface area contributed by atoms with Crippen LogP contribution in [0.5, 0.6) is 5.19 Å². The summed E-state index contributed by atoms with van der Waals surface area (Å²) in [6.07, 6.45) is -2.03. The summed E-state index contributed by atoms with van der Waals surface area (Å²) in [6.45, 7) is -0.486. The molecule has 1 aromatic carbocycles. The number of nitrogens with zero attached hydrogens (tertiary/aromatic N) is 4. The van der Waals surface area contributed by atoms with Crippen LogP contribution >= 0.6 is 55.0 Å². The molecule has 0 radical (unpaired) electrons. The van der Waals surface area contributed by atoms with Gasteiger partial charge in [0.1, 0.15) is 41.2 Å². The molecule has 166 valence electrons. The van der Waals surface area contributed by atoms with Crippen LogP contribution in [0.3, 0.4) is 0 Å². The SMILES string of the molecule is OCC1O[C@H](Sc2cc(Br)c(F)c(Br)c2)C(O)[C@@H](n2cc(-c3csc(O)n3)nn2)[C@H]1O. The van der Waals surface area contributed by atoms with Gasteiger partial charge in [0.25, 0.3) is 5.19 Å². The van der Waals surface area contributed by atoms with Gasteiger partial charge in [-0.3, -0.25) is 0 Å². The number of thiazole rings is 1. The number of thioether (sulfide) groups is 1. The van der Waals surface area contributed by atoms with Gasteiger partial charge in [0, 0.05) is 10.3 Å². The molecule has 3 heterocycles. The third-order valence-electron chi connectivity index (χ3n) is 4.63. The number of rotatable bonds is 5. The highest BCUT2D eigenvalue weighted by molar-refractivity contribution is 9.11. The molecule has 2 unspecified atom stereocenters. The zero-order chi connectivity index (χ0) is 22.3. The van der Waals surface area contributed by atoms with Crippen molar-refractivity contribution in [3.8, 4) is 16.6 Å². The molecule has 1 aliphatic rings. The van der Waals surface area contributed by atoms with Gasteiger partial charge in [-0.15, -0.1) is 5.10 Å². The molecule has 0 amide bonds. The van der Waals surface area contributed by atoms with Gasteiger partial charge in [0.05, 0.1) is 21.7 Å². The van der Waals surface area contributed by atoms with E-state index in [9.17, 15) is 24.8 Å². The minimum atomic E-state index is -1.28. The Labute approximate surface area is 200 Å². The Morgan fingerprint density at radius 3 is 2.52 bits per heavy atom. The number of aromatic hydroxyl groups is 1. The summed E-state index contributed by atoms with van der Waals surface area (Å²) < 4.78 is 21.3. The van der Waals surface area contributed by atoms with Crippen LogP contribution in [0.25, 0.3) is 11.4 Å². The number of aliphatic hydroxyl groups is 3. The van der Waals surface area contributed by atoms with Crippen LogP contribution in [0.15, 0.2) is 37.6 Å². The number of benzene rings is 1. The van der Waals surface area contributed by atoms with Crippen molar-refractivity contribution < 1.29 is 29.6 Å². The van der Waals surface area contributed by atoms with Crippen LogP contribution in [0, 0.1) is 5.82 Å². The van der Waals surface area contributed by atoms with Crippen LogP contribution in [0.1, 0.15) is 6.04 Å². The van der Waals surface area contributed by atoms with Crippen molar-refractivity contribution in [2.75, 3.05) is 6.61 Å². The highest BCUT2D eigenvalue weighted by Gasteiger charge is 2.46. The molecule has 1 aliphatic heterocycles. The first-order valence-electron chi connectivity index (χ1n) is 8.79. The van der Waals surface area contributed by atoms with E-state index in [0.29, 0.717) is 16.3 Å². The van der Waals surface area contributed by atoms with E-state index in [0.717, 1.165) is 23.1 Å². The highest BCUT2D eigenvalue weighted by Crippen LogP contribution is 2.40. The topological polar surface area (TPSA) is 134 Å². The zero-order valence-electron chi connectivity index (χ0n) is 15.3. The van der Waals surface area contributed by atoms with E-state index in [1.165, 1.54) is 23.0 Å². The first-order chi connectivity index (χ1) is 14.8. The van der Waals surface area contributed by atoms with Crippen molar-refractivity contribution in [3.63, 3.8) is 0 Å². The quantitative estimate of drug-likeness (QED) is 0.327. The number of aromatic nitrogens is 4. The van der Waals surface area contributed by atoms with E-state index >= 15 is 0 Å². The molecular formula is C17H15Br2FN4O5S2. The average molecular weight is 598 g/mol. The summed E-state index contributed by atoms with van der Waals surface area (Å²) in [7, 11) is 0. The zero-order valence-corrected chi connectivity index (χ0v) is 20.1. The van der Waals surface area contributed by atoms with Crippen molar-refractivity contribution >= 4 is 55.0 Å². The smallest absolute Gasteiger partial charge is 0.271 e. The Hall–Kier alpha value is -1.13. The van der Waals surface area contributed by atoms with E-state index < -0.39 is 42.2 Å². The Balaban J connectivity index is 1.62. The van der Waals surface area contributed by atoms with Crippen LogP contribution in [0.2, 0.25) is 0 Å². The molecule has 2 aromatic heterocycles. The standard InChI is InChI=1S/C17H15Br2FN4O5S2/c18-7-1-6(2-8(19)12(7)20)31-16-15(27)13(14(26)11(4-25)29-16)24-3-9(22-23-24)10-5-30-17(28)21-10/h1-3,5,11,13-16,25-27H,4H2,(H,21,28)/t11?,13-,14-,15?,16+/m0/s1. The summed E-state index contributed by atoms with van der Waals surface area (Å²) in [5.74, 6) is -0.459. The number of aliphatic hydroxyl groups excluding tert-OH is 3. The molecule has 0 saturated carbocycles. The molecule has 4 rings (SSSR count). The monoisotopic (exact) mass is 596 g/mol. The van der Waals surface area contributed by atoms with Crippen molar-refractivity contribution in [2.24, 2.45) is 0 Å². The minimum Gasteiger partial charge on any atom is -0.486 e. The van der Waals surface area contributed by atoms with Crippen molar-refractivity contribution in [3.05, 3.63) is 38.5 Å². The second kappa shape index (κ2) is 9.39. The summed E-state index contributed by atoms with van der Waals surface area (Å²) in [6, 6.07) is 2.10. The highest BCUT2D eigenvalue weighted by atomic mass is 79.9. The fourth-order valence-corrected chi connectivity index (χ4v) is 6.30. The van der Waals surface area contributed by atoms with Crippen molar-refractivity contribution in [2.45, 2.75) is 34.7 Å². The van der Waals surface area contributed by atoms with Gasteiger partial charge in [-0.05, 0) is 44.0 Å². The van der Waals surface area contributed by atoms with E-state index in [1.807, 2.05) is 0 Å². The Morgan fingerprint density at radius 2 is 1.90 bits per heavy atom. The lowest BCUT2D eigenvalue weighted by Crippen LogP contribution is -2.55. The molecule has 9 nitrogen and oxygen atoms in total. The first-order valence-corrected chi connectivity index (χ1v) is 12.1. The van der Waals surface area contributed by atoms with E-state index in [-0.39, 0.29) is 14.1 Å². The molecule has 0 bridgehead atoms. The van der Waals surface area contributed by atoms with E-state index in [1.54, 1.807) is 5.38 Å². The summed E-state index contributed by atoms with van der Waals surface area (Å²) in [5.41, 5.74) is -0.153. The molecule has 0 spiro atoms. The van der Waals surface area contributed by atoms with Gasteiger partial charge >= 0.3 is 0 Å². The fraction of sp³-hybridized carbons (Fsp3) is 0.353. The molecule has 31 heavy (non-hydrogen) atoms. The summed E-state index contributed by atoms with van der Waals surface area (Å²) in [4.78, 5) is 4.52. The number of halogens is 3. The van der Waals surface area contributed by atoms with E-state index in [2.05, 4.69) is 47.2 Å². The van der Waals surface area contributed by atoms with Crippen LogP contribution in [-0.2, 0) is 4.74 Å². The van der Waals surface area contributed by atoms with Crippen molar-refractivity contribution in [1.82, 2.24) is 20.0 Å². The number of hydrogen-bond acceptors (Lipinski definition) is 10. The minimum absolute atomic E-state index is 0.121. The maximum absolute atomic E-state index is 13.9. The van der Waals surface area contributed by atoms with Gasteiger partial charge in [-0.2, -0.15) is 0 Å². The Morgan fingerprint density at radius 1 is 1.19 bits per heavy atom. The second-order valence-electron chi connectivity index (χ2n) is 6.62. The van der Waals surface area contributed by atoms with Gasteiger partial charge in [-0.1, -0.05) is 28.3 Å². The predicted molar refractivity (Wildman–Crippen MR) is 117 cm³/mol. The molecule has 3 aromatic rings. The Kier molecular flexibility index (Phi) is 6.98. The predicted octanol–water partition coefficient (Wildman–Crippen LogP) is 2.54. The maximum atomic E-state index is 13.9. The van der Waals surface area contributed by atoms with Gasteiger partial charge in [0.2, 0.25) is 0 Å². The summed E-state index contributed by atoms with van der Waals surface area (Å²) in [5, 5.41) is 50.3. The fourth-order valence-electron chi connectivity index (χ4n) is 3.13. The van der Waals surface area contributed by atoms with Crippen LogP contribution in [-0.4, -0.2) is 70.8 Å². The van der Waals surface area contributed by atoms with Crippen LogP contribution < -0.4 is 0 Å². The normalized spacial score (nSPS) is 26.3. The lowest BCUT2D eigenvalue weighted by molar-refractivity contribution is -0.178. The number of hydrogen-bond donors (Lipinski definition) is 4. The molecule has 5 atom stereocenters. The molecule has 1 fully saturated rings. The van der Waals surface area contributed by atoms with E-state index in [4.69, 9.17) is 4.74 Å². The van der Waals surface area contributed by atoms with Crippen LogP contribution in [0.4, 0.5) is 4.39 Å². The van der Waals surface area contributed by atoms with Gasteiger partial charge in [0.15, 0.2) is 5.82 Å². The summed E-state index contributed by atoms with van der Waals surface area (Å²) >= 11 is 8.42. The molecular weight excluding hydrogens is 583 g/mol. The molecule has 0 aliphatic carbocycles. The molecule has 4 N–H and O–H groups in total. The largest absolute Gasteiger partial charge is 0.486 e. The second-order valence-corrected chi connectivity index (χ2v) is 10.3. The van der Waals surface area contributed by atoms with Gasteiger partial charge < -0.3 is 25.2 Å². The maximum Gasteiger partial charge on any atom is 0.271 e. The Bertz CT molecular complexity index is 1060. The number of ether oxygens (including phenoxy) is 1. The lowest BCUT2D eigenvalue weighted by Gasteiger charge is -2.41. The third kappa shape index (κ3) is 4.66. The first kappa shape index (κ1) is 23.0. The average Bonchev–Trinajstić information content (AvgIpc) is 3.37. The lowest BCUT2D eigenvalue weighted by atomic mass is 9.97.